The Morgan fingerprint density at radius 3 is 2.58 bits per heavy atom. The maximum atomic E-state index is 12.6. The first-order chi connectivity index (χ1) is 8.79. The van der Waals surface area contributed by atoms with Gasteiger partial charge in [0.1, 0.15) is 6.04 Å². The molecule has 0 aliphatic heterocycles. The Balaban J connectivity index is 2.38. The van der Waals surface area contributed by atoms with E-state index in [0.717, 1.165) is 15.4 Å². The molecule has 0 fully saturated rings. The zero-order chi connectivity index (χ0) is 14.2. The summed E-state index contributed by atoms with van der Waals surface area (Å²) in [4.78, 5) is 0.860. The molecule has 2 rings (SSSR count). The van der Waals surface area contributed by atoms with Crippen LogP contribution in [-0.2, 0) is 6.18 Å². The van der Waals surface area contributed by atoms with E-state index in [1.165, 1.54) is 22.2 Å². The fraction of sp³-hybridized carbons (Fsp3) is 0.364. The first kappa shape index (κ1) is 14.5. The maximum Gasteiger partial charge on any atom is 0.435 e. The molecule has 2 atom stereocenters. The van der Waals surface area contributed by atoms with Crippen LogP contribution in [0.1, 0.15) is 23.5 Å². The number of halogens is 4. The van der Waals surface area contributed by atoms with Crippen LogP contribution in [0.5, 0.6) is 0 Å². The monoisotopic (exact) mass is 353 g/mol. The second-order valence-corrected chi connectivity index (χ2v) is 6.01. The molecular formula is C11H11BrF3N3S. The summed E-state index contributed by atoms with van der Waals surface area (Å²) in [7, 11) is 0. The van der Waals surface area contributed by atoms with Gasteiger partial charge < -0.3 is 5.73 Å². The predicted molar refractivity (Wildman–Crippen MR) is 71.0 cm³/mol. The minimum absolute atomic E-state index is 0.355. The van der Waals surface area contributed by atoms with Gasteiger partial charge >= 0.3 is 6.18 Å². The zero-order valence-electron chi connectivity index (χ0n) is 9.86. The molecule has 0 aliphatic carbocycles. The molecule has 19 heavy (non-hydrogen) atoms. The molecule has 2 N–H and O–H groups in total. The highest BCUT2D eigenvalue weighted by molar-refractivity contribution is 9.10. The van der Waals surface area contributed by atoms with Crippen molar-refractivity contribution in [3.8, 4) is 0 Å². The molecule has 0 aliphatic rings. The maximum absolute atomic E-state index is 12.6. The van der Waals surface area contributed by atoms with E-state index in [1.54, 1.807) is 6.92 Å². The lowest BCUT2D eigenvalue weighted by Crippen LogP contribution is -2.30. The second-order valence-electron chi connectivity index (χ2n) is 4.15. The Bertz CT molecular complexity index is 562. The van der Waals surface area contributed by atoms with Gasteiger partial charge in [-0.1, -0.05) is 0 Å². The fourth-order valence-electron chi connectivity index (χ4n) is 1.76. The molecule has 8 heteroatoms. The number of rotatable bonds is 3. The lowest BCUT2D eigenvalue weighted by Gasteiger charge is -2.20. The van der Waals surface area contributed by atoms with Crippen molar-refractivity contribution in [1.82, 2.24) is 9.78 Å². The lowest BCUT2D eigenvalue weighted by atomic mass is 10.1. The molecule has 0 radical (unpaired) electrons. The van der Waals surface area contributed by atoms with Crippen LogP contribution in [0.25, 0.3) is 0 Å². The van der Waals surface area contributed by atoms with Gasteiger partial charge in [0.25, 0.3) is 0 Å². The van der Waals surface area contributed by atoms with Gasteiger partial charge in [-0.2, -0.15) is 18.3 Å². The highest BCUT2D eigenvalue weighted by Gasteiger charge is 2.34. The van der Waals surface area contributed by atoms with Gasteiger partial charge in [-0.25, -0.2) is 0 Å². The summed E-state index contributed by atoms with van der Waals surface area (Å²) < 4.78 is 39.8. The SMILES string of the molecule is CC(N)C(c1cc(Br)cs1)n1ccc(C(F)(F)F)n1. The molecule has 0 spiro atoms. The average Bonchev–Trinajstić information content (AvgIpc) is 2.87. The van der Waals surface area contributed by atoms with E-state index in [9.17, 15) is 13.2 Å². The van der Waals surface area contributed by atoms with Crippen LogP contribution in [0.15, 0.2) is 28.2 Å². The Morgan fingerprint density at radius 2 is 2.16 bits per heavy atom. The average molecular weight is 354 g/mol. The van der Waals surface area contributed by atoms with Crippen molar-refractivity contribution >= 4 is 27.3 Å². The summed E-state index contributed by atoms with van der Waals surface area (Å²) >= 11 is 4.75. The second kappa shape index (κ2) is 5.26. The van der Waals surface area contributed by atoms with E-state index in [4.69, 9.17) is 5.73 Å². The molecule has 0 saturated carbocycles. The standard InChI is InChI=1S/C11H11BrF3N3S/c1-6(16)10(8-4-7(12)5-19-8)18-3-2-9(17-18)11(13,14)15/h2-6,10H,16H2,1H3. The normalized spacial score (nSPS) is 15.5. The summed E-state index contributed by atoms with van der Waals surface area (Å²) in [6, 6.07) is 2.03. The van der Waals surface area contributed by atoms with Crippen molar-refractivity contribution in [2.24, 2.45) is 5.73 Å². The molecule has 2 aromatic heterocycles. The summed E-state index contributed by atoms with van der Waals surface area (Å²) in [5.41, 5.74) is 4.97. The van der Waals surface area contributed by atoms with Gasteiger partial charge in [0.2, 0.25) is 0 Å². The zero-order valence-corrected chi connectivity index (χ0v) is 12.3. The summed E-state index contributed by atoms with van der Waals surface area (Å²) in [6.45, 7) is 1.74. The fourth-order valence-corrected chi connectivity index (χ4v) is 3.41. The minimum atomic E-state index is -4.44. The van der Waals surface area contributed by atoms with E-state index >= 15 is 0 Å². The van der Waals surface area contributed by atoms with Gasteiger partial charge in [0, 0.05) is 27.0 Å². The third-order valence-electron chi connectivity index (χ3n) is 2.56. The number of hydrogen-bond donors (Lipinski definition) is 1. The van der Waals surface area contributed by atoms with Gasteiger partial charge in [0.05, 0.1) is 0 Å². The van der Waals surface area contributed by atoms with E-state index in [-0.39, 0.29) is 6.04 Å². The van der Waals surface area contributed by atoms with Crippen LogP contribution in [-0.4, -0.2) is 15.8 Å². The number of aromatic nitrogens is 2. The van der Waals surface area contributed by atoms with Crippen LogP contribution in [0, 0.1) is 0 Å². The van der Waals surface area contributed by atoms with Crippen molar-refractivity contribution in [2.45, 2.75) is 25.2 Å². The smallest absolute Gasteiger partial charge is 0.326 e. The van der Waals surface area contributed by atoms with E-state index in [1.807, 2.05) is 11.4 Å². The number of hydrogen-bond acceptors (Lipinski definition) is 3. The van der Waals surface area contributed by atoms with Crippen LogP contribution >= 0.6 is 27.3 Å². The largest absolute Gasteiger partial charge is 0.435 e. The summed E-state index contributed by atoms with van der Waals surface area (Å²) in [5.74, 6) is 0. The van der Waals surface area contributed by atoms with Crippen LogP contribution in [0.4, 0.5) is 13.2 Å². The number of nitrogens with zero attached hydrogens (tertiary/aromatic N) is 2. The third-order valence-corrected chi connectivity index (χ3v) is 4.33. The predicted octanol–water partition coefficient (Wildman–Crippen LogP) is 3.66. The summed E-state index contributed by atoms with van der Waals surface area (Å²) in [5, 5.41) is 5.45. The Morgan fingerprint density at radius 1 is 1.47 bits per heavy atom. The topological polar surface area (TPSA) is 43.8 Å². The molecule has 0 bridgehead atoms. The Hall–Kier alpha value is -0.860. The highest BCUT2D eigenvalue weighted by atomic mass is 79.9. The Kier molecular flexibility index (Phi) is 4.03. The molecule has 0 aromatic carbocycles. The quantitative estimate of drug-likeness (QED) is 0.914. The van der Waals surface area contributed by atoms with Crippen LogP contribution in [0.3, 0.4) is 0 Å². The van der Waals surface area contributed by atoms with Crippen molar-refractivity contribution in [2.75, 3.05) is 0 Å². The number of alkyl halides is 3. The molecule has 2 unspecified atom stereocenters. The first-order valence-electron chi connectivity index (χ1n) is 5.41. The van der Waals surface area contributed by atoms with Crippen molar-refractivity contribution in [3.63, 3.8) is 0 Å². The molecule has 2 aromatic rings. The van der Waals surface area contributed by atoms with E-state index < -0.39 is 17.9 Å². The molecule has 2 heterocycles. The first-order valence-corrected chi connectivity index (χ1v) is 7.08. The van der Waals surface area contributed by atoms with Gasteiger partial charge in [-0.05, 0) is 35.0 Å². The van der Waals surface area contributed by atoms with Gasteiger partial charge in [0.15, 0.2) is 5.69 Å². The molecule has 0 saturated heterocycles. The van der Waals surface area contributed by atoms with Crippen LogP contribution < -0.4 is 5.73 Å². The molecular weight excluding hydrogens is 343 g/mol. The minimum Gasteiger partial charge on any atom is -0.326 e. The Labute approximate surface area is 120 Å². The van der Waals surface area contributed by atoms with Crippen molar-refractivity contribution in [3.05, 3.63) is 38.8 Å². The van der Waals surface area contributed by atoms with Gasteiger partial charge in [-0.3, -0.25) is 4.68 Å². The van der Waals surface area contributed by atoms with Gasteiger partial charge in [-0.15, -0.1) is 11.3 Å². The van der Waals surface area contributed by atoms with Crippen molar-refractivity contribution < 1.29 is 13.2 Å². The highest BCUT2D eigenvalue weighted by Crippen LogP contribution is 2.32. The molecule has 104 valence electrons. The van der Waals surface area contributed by atoms with Crippen LogP contribution in [0.2, 0.25) is 0 Å². The third kappa shape index (κ3) is 3.18. The number of nitrogens with two attached hydrogens (primary N) is 1. The molecule has 3 nitrogen and oxygen atoms in total. The summed E-state index contributed by atoms with van der Waals surface area (Å²) in [6.07, 6.45) is -3.13. The number of thiophene rings is 1. The molecule has 0 amide bonds. The lowest BCUT2D eigenvalue weighted by molar-refractivity contribution is -0.141. The van der Waals surface area contributed by atoms with E-state index in [2.05, 4.69) is 21.0 Å². The van der Waals surface area contributed by atoms with E-state index in [0.29, 0.717) is 0 Å². The van der Waals surface area contributed by atoms with Crippen molar-refractivity contribution in [1.29, 1.82) is 0 Å².